The van der Waals surface area contributed by atoms with Crippen molar-refractivity contribution in [3.8, 4) is 5.69 Å². The summed E-state index contributed by atoms with van der Waals surface area (Å²) in [5, 5.41) is 10.3. The molecule has 0 aliphatic rings. The number of carbonyl (C=O) groups excluding carboxylic acids is 1. The molecule has 0 spiro atoms. The molecule has 0 saturated carbocycles. The Morgan fingerprint density at radius 2 is 2.11 bits per heavy atom. The van der Waals surface area contributed by atoms with Crippen LogP contribution >= 0.6 is 11.8 Å². The molecule has 0 bridgehead atoms. The minimum absolute atomic E-state index is 0.00302. The SMILES string of the molecule is Cc1noc(C)c1CSCC(=O)Nc1cc(C(F)(F)F)ccc1-n1cncn1. The molecule has 1 amide bonds. The van der Waals surface area contributed by atoms with E-state index in [-0.39, 0.29) is 17.1 Å². The van der Waals surface area contributed by atoms with Crippen LogP contribution in [0.3, 0.4) is 0 Å². The van der Waals surface area contributed by atoms with E-state index in [4.69, 9.17) is 4.52 Å². The predicted molar refractivity (Wildman–Crippen MR) is 97.1 cm³/mol. The zero-order valence-corrected chi connectivity index (χ0v) is 15.8. The highest BCUT2D eigenvalue weighted by Crippen LogP contribution is 2.33. The molecule has 0 aliphatic heterocycles. The largest absolute Gasteiger partial charge is 0.416 e. The summed E-state index contributed by atoms with van der Waals surface area (Å²) in [6.45, 7) is 3.59. The van der Waals surface area contributed by atoms with E-state index in [1.165, 1.54) is 35.2 Å². The quantitative estimate of drug-likeness (QED) is 0.665. The summed E-state index contributed by atoms with van der Waals surface area (Å²) in [7, 11) is 0. The first-order valence-corrected chi connectivity index (χ1v) is 9.26. The van der Waals surface area contributed by atoms with Gasteiger partial charge >= 0.3 is 6.18 Å². The van der Waals surface area contributed by atoms with Crippen LogP contribution in [-0.2, 0) is 16.7 Å². The van der Waals surface area contributed by atoms with Crippen LogP contribution in [0.1, 0.15) is 22.6 Å². The van der Waals surface area contributed by atoms with Crippen molar-refractivity contribution in [3.05, 3.63) is 53.4 Å². The number of thioether (sulfide) groups is 1. The minimum atomic E-state index is -4.53. The van der Waals surface area contributed by atoms with Gasteiger partial charge in [0.05, 0.1) is 28.4 Å². The van der Waals surface area contributed by atoms with E-state index in [1.807, 2.05) is 0 Å². The predicted octanol–water partition coefficient (Wildman–Crippen LogP) is 3.76. The number of aryl methyl sites for hydroxylation is 2. The first kappa shape index (κ1) is 19.9. The van der Waals surface area contributed by atoms with Crippen LogP contribution in [0.25, 0.3) is 5.69 Å². The van der Waals surface area contributed by atoms with Gasteiger partial charge in [-0.15, -0.1) is 11.8 Å². The first-order chi connectivity index (χ1) is 13.3. The van der Waals surface area contributed by atoms with Gasteiger partial charge in [0.25, 0.3) is 0 Å². The maximum Gasteiger partial charge on any atom is 0.416 e. The zero-order valence-electron chi connectivity index (χ0n) is 14.9. The van der Waals surface area contributed by atoms with Gasteiger partial charge in [0, 0.05) is 11.3 Å². The third-order valence-corrected chi connectivity index (χ3v) is 4.88. The summed E-state index contributed by atoms with van der Waals surface area (Å²) in [6.07, 6.45) is -1.94. The monoisotopic (exact) mass is 411 g/mol. The van der Waals surface area contributed by atoms with Crippen LogP contribution in [0, 0.1) is 13.8 Å². The molecule has 148 valence electrons. The van der Waals surface area contributed by atoms with Gasteiger partial charge in [-0.25, -0.2) is 9.67 Å². The van der Waals surface area contributed by atoms with E-state index in [2.05, 4.69) is 20.6 Å². The van der Waals surface area contributed by atoms with Crippen molar-refractivity contribution >= 4 is 23.4 Å². The number of benzene rings is 1. The van der Waals surface area contributed by atoms with Crippen LogP contribution in [0.2, 0.25) is 0 Å². The minimum Gasteiger partial charge on any atom is -0.361 e. The van der Waals surface area contributed by atoms with E-state index in [1.54, 1.807) is 13.8 Å². The van der Waals surface area contributed by atoms with Crippen LogP contribution in [0.4, 0.5) is 18.9 Å². The summed E-state index contributed by atoms with van der Waals surface area (Å²) in [6, 6.07) is 3.05. The number of amides is 1. The summed E-state index contributed by atoms with van der Waals surface area (Å²) in [5.74, 6) is 0.804. The Kier molecular flexibility index (Phi) is 5.73. The van der Waals surface area contributed by atoms with Crippen molar-refractivity contribution in [2.75, 3.05) is 11.1 Å². The lowest BCUT2D eigenvalue weighted by atomic mass is 10.1. The molecule has 11 heteroatoms. The second kappa shape index (κ2) is 8.05. The Morgan fingerprint density at radius 3 is 2.71 bits per heavy atom. The van der Waals surface area contributed by atoms with Gasteiger partial charge in [0.2, 0.25) is 5.91 Å². The van der Waals surface area contributed by atoms with E-state index in [9.17, 15) is 18.0 Å². The van der Waals surface area contributed by atoms with Gasteiger partial charge < -0.3 is 9.84 Å². The number of alkyl halides is 3. The number of halogens is 3. The normalized spacial score (nSPS) is 11.6. The van der Waals surface area contributed by atoms with Crippen LogP contribution < -0.4 is 5.32 Å². The number of hydrogen-bond donors (Lipinski definition) is 1. The molecule has 3 rings (SSSR count). The molecular formula is C17H16F3N5O2S. The number of rotatable bonds is 6. The fourth-order valence-electron chi connectivity index (χ4n) is 2.48. The molecule has 1 N–H and O–H groups in total. The van der Waals surface area contributed by atoms with Gasteiger partial charge in [-0.1, -0.05) is 5.16 Å². The van der Waals surface area contributed by atoms with Crippen LogP contribution in [0.15, 0.2) is 35.4 Å². The molecule has 28 heavy (non-hydrogen) atoms. The number of hydrogen-bond acceptors (Lipinski definition) is 6. The lowest BCUT2D eigenvalue weighted by Crippen LogP contribution is -2.17. The first-order valence-electron chi connectivity index (χ1n) is 8.11. The van der Waals surface area contributed by atoms with Gasteiger partial charge in [-0.05, 0) is 32.0 Å². The Hall–Kier alpha value is -2.82. The Balaban J connectivity index is 1.73. The Labute approximate surface area is 162 Å². The van der Waals surface area contributed by atoms with Gasteiger partial charge in [0.15, 0.2) is 0 Å². The lowest BCUT2D eigenvalue weighted by Gasteiger charge is -2.14. The highest BCUT2D eigenvalue weighted by Gasteiger charge is 2.31. The van der Waals surface area contributed by atoms with Crippen LogP contribution in [-0.4, -0.2) is 31.6 Å². The lowest BCUT2D eigenvalue weighted by molar-refractivity contribution is -0.137. The summed E-state index contributed by atoms with van der Waals surface area (Å²) < 4.78 is 45.5. The number of carbonyl (C=O) groups is 1. The van der Waals surface area contributed by atoms with Gasteiger partial charge in [-0.2, -0.15) is 18.3 Å². The van der Waals surface area contributed by atoms with Crippen molar-refractivity contribution in [2.45, 2.75) is 25.8 Å². The highest BCUT2D eigenvalue weighted by molar-refractivity contribution is 7.99. The Bertz CT molecular complexity index is 950. The maximum atomic E-state index is 13.0. The molecule has 7 nitrogen and oxygen atoms in total. The molecule has 2 aromatic heterocycles. The molecule has 0 radical (unpaired) electrons. The fraction of sp³-hybridized carbons (Fsp3) is 0.294. The van der Waals surface area contributed by atoms with E-state index < -0.39 is 17.6 Å². The molecule has 0 aliphatic carbocycles. The van der Waals surface area contributed by atoms with Crippen molar-refractivity contribution < 1.29 is 22.5 Å². The average molecular weight is 411 g/mol. The standard InChI is InChI=1S/C17H16F3N5O2S/c1-10-13(11(2)27-24-10)6-28-7-16(26)23-14-5-12(17(18,19)20)3-4-15(14)25-9-21-8-22-25/h3-5,8-9H,6-7H2,1-2H3,(H,23,26). The van der Waals surface area contributed by atoms with Gasteiger partial charge in [0.1, 0.15) is 18.4 Å². The average Bonchev–Trinajstić information content (AvgIpc) is 3.26. The van der Waals surface area contributed by atoms with Crippen molar-refractivity contribution in [1.29, 1.82) is 0 Å². The second-order valence-electron chi connectivity index (χ2n) is 5.91. The molecule has 0 unspecified atom stereocenters. The molecule has 0 fully saturated rings. The van der Waals surface area contributed by atoms with Gasteiger partial charge in [-0.3, -0.25) is 4.79 Å². The third kappa shape index (κ3) is 4.53. The molecular weight excluding hydrogens is 395 g/mol. The van der Waals surface area contributed by atoms with E-state index in [0.717, 1.165) is 23.4 Å². The summed E-state index contributed by atoms with van der Waals surface area (Å²) in [4.78, 5) is 16.1. The van der Waals surface area contributed by atoms with Crippen LogP contribution in [0.5, 0.6) is 0 Å². The van der Waals surface area contributed by atoms with Crippen molar-refractivity contribution in [1.82, 2.24) is 19.9 Å². The number of nitrogens with one attached hydrogen (secondary N) is 1. The number of aromatic nitrogens is 4. The Morgan fingerprint density at radius 1 is 1.32 bits per heavy atom. The molecule has 0 atom stereocenters. The van der Waals surface area contributed by atoms with E-state index >= 15 is 0 Å². The fourth-order valence-corrected chi connectivity index (χ4v) is 3.46. The molecule has 2 heterocycles. The smallest absolute Gasteiger partial charge is 0.361 e. The number of anilines is 1. The topological polar surface area (TPSA) is 85.8 Å². The second-order valence-corrected chi connectivity index (χ2v) is 6.90. The zero-order chi connectivity index (χ0) is 20.3. The molecule has 3 aromatic rings. The van der Waals surface area contributed by atoms with Crippen molar-refractivity contribution in [3.63, 3.8) is 0 Å². The maximum absolute atomic E-state index is 13.0. The van der Waals surface area contributed by atoms with E-state index in [0.29, 0.717) is 11.5 Å². The summed E-state index contributed by atoms with van der Waals surface area (Å²) in [5.41, 5.74) is 1.07. The number of nitrogens with zero attached hydrogens (tertiary/aromatic N) is 4. The molecule has 0 saturated heterocycles. The molecule has 1 aromatic carbocycles. The van der Waals surface area contributed by atoms with Crippen molar-refractivity contribution in [2.24, 2.45) is 0 Å². The highest BCUT2D eigenvalue weighted by atomic mass is 32.2. The summed E-state index contributed by atoms with van der Waals surface area (Å²) >= 11 is 1.31. The third-order valence-electron chi connectivity index (χ3n) is 3.92.